The number of furan rings is 2. The van der Waals surface area contributed by atoms with Crippen LogP contribution in [-0.4, -0.2) is 22.6 Å². The molecule has 1 fully saturated rings. The van der Waals surface area contributed by atoms with Crippen molar-refractivity contribution in [1.82, 2.24) is 14.5 Å². The number of pyridine rings is 1. The molecule has 0 unspecified atom stereocenters. The average Bonchev–Trinajstić information content (AvgIpc) is 4.15. The molecule has 11 aromatic rings. The van der Waals surface area contributed by atoms with Gasteiger partial charge in [-0.15, -0.1) is 36.4 Å². The van der Waals surface area contributed by atoms with Crippen molar-refractivity contribution in [3.8, 4) is 39.5 Å². The second-order valence-corrected chi connectivity index (χ2v) is 25.4. The zero-order valence-electron chi connectivity index (χ0n) is 39.6. The number of aromatic nitrogens is 3. The fourth-order valence-corrected chi connectivity index (χ4v) is 11.8. The summed E-state index contributed by atoms with van der Waals surface area (Å²) in [7, 11) is -1.45. The molecule has 0 spiro atoms. The normalized spacial score (nSPS) is 13.4. The summed E-state index contributed by atoms with van der Waals surface area (Å²) in [6.45, 7) is 14.0. The number of rotatable bonds is 7. The van der Waals surface area contributed by atoms with Crippen LogP contribution < -0.4 is 5.19 Å². The zero-order valence-corrected chi connectivity index (χ0v) is 43.0. The van der Waals surface area contributed by atoms with Gasteiger partial charge in [-0.3, -0.25) is 4.98 Å². The summed E-state index contributed by atoms with van der Waals surface area (Å²) in [5.74, 6) is 1.64. The van der Waals surface area contributed by atoms with E-state index in [1.807, 2.05) is 48.5 Å². The predicted octanol–water partition coefficient (Wildman–Crippen LogP) is 16.1. The molecule has 7 aromatic carbocycles. The second kappa shape index (κ2) is 18.3. The van der Waals surface area contributed by atoms with Crippen LogP contribution in [0.1, 0.15) is 57.6 Å². The molecule has 341 valence electrons. The third-order valence-electron chi connectivity index (χ3n) is 13.7. The van der Waals surface area contributed by atoms with Crippen LogP contribution in [0.25, 0.3) is 94.4 Å². The third-order valence-corrected chi connectivity index (χ3v) is 15.8. The van der Waals surface area contributed by atoms with E-state index in [9.17, 15) is 0 Å². The summed E-state index contributed by atoms with van der Waals surface area (Å²) >= 11 is 0. The fraction of sp³-hybridized carbons (Fsp3) is 0.213. The molecule has 1 radical (unpaired) electrons. The molecular weight excluding hydrogens is 1030 g/mol. The van der Waals surface area contributed by atoms with Crippen LogP contribution >= 0.6 is 0 Å². The van der Waals surface area contributed by atoms with E-state index in [4.69, 9.17) is 18.8 Å². The van der Waals surface area contributed by atoms with Gasteiger partial charge in [0.1, 0.15) is 11.2 Å². The Hall–Kier alpha value is -6.37. The maximum Gasteiger partial charge on any atom is 0.120 e. The molecule has 4 aromatic heterocycles. The molecule has 12 rings (SSSR count). The van der Waals surface area contributed by atoms with E-state index in [0.717, 1.165) is 89.2 Å². The van der Waals surface area contributed by atoms with E-state index in [1.165, 1.54) is 59.5 Å². The van der Waals surface area contributed by atoms with Gasteiger partial charge in [0.25, 0.3) is 0 Å². The number of fused-ring (bicyclic) bond motifs is 7. The van der Waals surface area contributed by atoms with Crippen molar-refractivity contribution in [2.24, 2.45) is 5.92 Å². The molecule has 1 saturated carbocycles. The topological polar surface area (TPSA) is 57.0 Å². The first kappa shape index (κ1) is 45.4. The molecule has 0 N–H and O–H groups in total. The first-order chi connectivity index (χ1) is 32.5. The van der Waals surface area contributed by atoms with E-state index >= 15 is 0 Å². The van der Waals surface area contributed by atoms with E-state index in [0.29, 0.717) is 0 Å². The Kier molecular flexibility index (Phi) is 12.2. The molecular formula is C61H55IrN3O2Si-2. The second-order valence-electron chi connectivity index (χ2n) is 20.3. The van der Waals surface area contributed by atoms with Crippen molar-refractivity contribution >= 4 is 68.2 Å². The van der Waals surface area contributed by atoms with Gasteiger partial charge in [-0.25, -0.2) is 0 Å². The molecule has 1 aliphatic carbocycles. The van der Waals surface area contributed by atoms with Crippen LogP contribution in [0.15, 0.2) is 167 Å². The number of hydrogen-bond donors (Lipinski definition) is 0. The largest absolute Gasteiger partial charge is 0.501 e. The van der Waals surface area contributed by atoms with Gasteiger partial charge in [0, 0.05) is 48.3 Å². The fourth-order valence-electron chi connectivity index (χ4n) is 10.2. The van der Waals surface area contributed by atoms with Gasteiger partial charge in [0.15, 0.2) is 0 Å². The van der Waals surface area contributed by atoms with Crippen molar-refractivity contribution in [2.75, 3.05) is 0 Å². The number of para-hydroxylation sites is 4. The SMILES string of the molecule is CC(C)(C)c1ccc(-n2c(-c3[c-]ccc4c3oc3ccccc34)nc3ccccc32)c(-c2ccccc2)c1.C[Si](C)(C)c1cnc(-c2[c-]ccc3c2oc2ccccc23)cc1CC1CCCC1.[Ir]. The Morgan fingerprint density at radius 1 is 0.662 bits per heavy atom. The van der Waals surface area contributed by atoms with Gasteiger partial charge in [-0.1, -0.05) is 185 Å². The Balaban J connectivity index is 0.000000162. The monoisotopic (exact) mass is 1080 g/mol. The Labute approximate surface area is 413 Å². The van der Waals surface area contributed by atoms with Crippen LogP contribution in [0, 0.1) is 18.1 Å². The van der Waals surface area contributed by atoms with Crippen molar-refractivity contribution in [3.05, 3.63) is 181 Å². The van der Waals surface area contributed by atoms with E-state index < -0.39 is 8.07 Å². The molecule has 0 atom stereocenters. The molecule has 5 nitrogen and oxygen atoms in total. The molecule has 68 heavy (non-hydrogen) atoms. The number of imidazole rings is 1. The van der Waals surface area contributed by atoms with E-state index in [2.05, 4.69) is 166 Å². The maximum absolute atomic E-state index is 6.42. The van der Waals surface area contributed by atoms with Crippen LogP contribution in [-0.2, 0) is 31.9 Å². The van der Waals surface area contributed by atoms with Crippen LogP contribution in [0.2, 0.25) is 19.6 Å². The summed E-state index contributed by atoms with van der Waals surface area (Å²) < 4.78 is 14.9. The molecule has 0 amide bonds. The van der Waals surface area contributed by atoms with Gasteiger partial charge >= 0.3 is 0 Å². The Morgan fingerprint density at radius 3 is 1.93 bits per heavy atom. The summed E-state index contributed by atoms with van der Waals surface area (Å²) in [5, 5.41) is 5.97. The summed E-state index contributed by atoms with van der Waals surface area (Å²) in [4.78, 5) is 10.1. The van der Waals surface area contributed by atoms with Crippen molar-refractivity contribution in [1.29, 1.82) is 0 Å². The molecule has 7 heteroatoms. The first-order valence-corrected chi connectivity index (χ1v) is 27.3. The average molecular weight is 1080 g/mol. The number of nitrogens with zero attached hydrogens (tertiary/aromatic N) is 3. The molecule has 4 heterocycles. The van der Waals surface area contributed by atoms with Crippen LogP contribution in [0.4, 0.5) is 0 Å². The maximum atomic E-state index is 6.42. The molecule has 0 aliphatic heterocycles. The van der Waals surface area contributed by atoms with Crippen LogP contribution in [0.3, 0.4) is 0 Å². The van der Waals surface area contributed by atoms with Gasteiger partial charge in [-0.2, -0.15) is 0 Å². The smallest absolute Gasteiger partial charge is 0.120 e. The van der Waals surface area contributed by atoms with Crippen LogP contribution in [0.5, 0.6) is 0 Å². The Bertz CT molecular complexity index is 3600. The number of hydrogen-bond acceptors (Lipinski definition) is 4. The minimum atomic E-state index is -1.45. The molecule has 0 saturated heterocycles. The van der Waals surface area contributed by atoms with Gasteiger partial charge in [0.05, 0.1) is 36.1 Å². The Morgan fingerprint density at radius 2 is 1.26 bits per heavy atom. The van der Waals surface area contributed by atoms with Gasteiger partial charge in [-0.05, 0) is 76.2 Å². The van der Waals surface area contributed by atoms with E-state index in [-0.39, 0.29) is 25.5 Å². The molecule has 0 bridgehead atoms. The predicted molar refractivity (Wildman–Crippen MR) is 281 cm³/mol. The summed E-state index contributed by atoms with van der Waals surface area (Å²) in [6, 6.07) is 59.5. The van der Waals surface area contributed by atoms with E-state index in [1.54, 1.807) is 0 Å². The summed E-state index contributed by atoms with van der Waals surface area (Å²) in [5.41, 5.74) is 14.5. The number of benzene rings is 7. The van der Waals surface area contributed by atoms with Gasteiger partial charge in [0.2, 0.25) is 0 Å². The van der Waals surface area contributed by atoms with Crippen molar-refractivity contribution < 1.29 is 28.9 Å². The quantitative estimate of drug-likeness (QED) is 0.118. The minimum Gasteiger partial charge on any atom is -0.501 e. The minimum absolute atomic E-state index is 0. The van der Waals surface area contributed by atoms with Gasteiger partial charge < -0.3 is 18.4 Å². The standard InChI is InChI=1S/C35H27N2O.C26H28NOSi.Ir/c1-35(2,3)24-20-21-30(28(22-24)23-12-5-4-6-13-23)37-31-18-9-8-17-29(31)36-34(37)27-16-11-15-26-25-14-7-10-19-32(25)38-33(26)27;1-29(2,3)25-17-27-23(16-19(25)15-18-9-4-5-10-18)22-13-8-12-21-20-11-6-7-14-24(20)28-26(21)22;/h4-15,17-22H,1-3H3;6-8,11-12,14,16-18H,4-5,9-10,15H2,1-3H3;/q2*-1;. The summed E-state index contributed by atoms with van der Waals surface area (Å²) in [6.07, 6.45) is 8.85. The van der Waals surface area contributed by atoms with Crippen molar-refractivity contribution in [2.45, 2.75) is 77.9 Å². The first-order valence-electron chi connectivity index (χ1n) is 23.8. The molecule has 1 aliphatic rings. The zero-order chi connectivity index (χ0) is 45.9. The van der Waals surface area contributed by atoms with Crippen molar-refractivity contribution in [3.63, 3.8) is 0 Å². The third kappa shape index (κ3) is 8.46.